The summed E-state index contributed by atoms with van der Waals surface area (Å²) in [5.74, 6) is 0.453. The van der Waals surface area contributed by atoms with Crippen molar-refractivity contribution in [1.82, 2.24) is 25.0 Å². The summed E-state index contributed by atoms with van der Waals surface area (Å²) in [5.41, 5.74) is 3.71. The second kappa shape index (κ2) is 5.58. The molecule has 0 aliphatic heterocycles. The zero-order valence-corrected chi connectivity index (χ0v) is 12.8. The molecule has 118 valence electrons. The predicted molar refractivity (Wildman–Crippen MR) is 90.1 cm³/mol. The van der Waals surface area contributed by atoms with Gasteiger partial charge in [0.05, 0.1) is 11.0 Å². The molecule has 4 aromatic rings. The van der Waals surface area contributed by atoms with E-state index < -0.39 is 0 Å². The van der Waals surface area contributed by atoms with Gasteiger partial charge in [-0.3, -0.25) is 4.79 Å². The van der Waals surface area contributed by atoms with E-state index >= 15 is 0 Å². The van der Waals surface area contributed by atoms with Crippen LogP contribution in [0.1, 0.15) is 6.92 Å². The van der Waals surface area contributed by atoms with Crippen LogP contribution in [0, 0.1) is 0 Å². The lowest BCUT2D eigenvalue weighted by Gasteiger charge is -2.09. The van der Waals surface area contributed by atoms with E-state index in [9.17, 15) is 4.79 Å². The number of nitrogens with zero attached hydrogens (tertiary/aromatic N) is 5. The number of para-hydroxylation sites is 2. The van der Waals surface area contributed by atoms with Crippen LogP contribution in [0.2, 0.25) is 0 Å². The Kier molecular flexibility index (Phi) is 3.27. The Hall–Kier alpha value is -3.55. The van der Waals surface area contributed by atoms with Gasteiger partial charge in [0.15, 0.2) is 5.82 Å². The fourth-order valence-electron chi connectivity index (χ4n) is 2.47. The molecule has 0 aliphatic rings. The highest BCUT2D eigenvalue weighted by atomic mass is 16.1. The van der Waals surface area contributed by atoms with E-state index in [-0.39, 0.29) is 5.91 Å². The highest BCUT2D eigenvalue weighted by molar-refractivity contribution is 5.89. The number of hydrogen-bond acceptors (Lipinski definition) is 6. The molecule has 0 spiro atoms. The molecule has 8 nitrogen and oxygen atoms in total. The van der Waals surface area contributed by atoms with Gasteiger partial charge in [0.2, 0.25) is 11.6 Å². The molecule has 0 fully saturated rings. The molecule has 0 atom stereocenters. The third-order valence-corrected chi connectivity index (χ3v) is 3.49. The maximum absolute atomic E-state index is 11.1. The Labute approximate surface area is 136 Å². The molecule has 8 heteroatoms. The summed E-state index contributed by atoms with van der Waals surface area (Å²) in [6, 6.07) is 15.0. The van der Waals surface area contributed by atoms with Gasteiger partial charge in [-0.15, -0.1) is 5.10 Å². The minimum Gasteiger partial charge on any atom is -0.337 e. The molecule has 0 saturated carbocycles. The predicted octanol–water partition coefficient (Wildman–Crippen LogP) is 2.37. The maximum atomic E-state index is 11.1. The van der Waals surface area contributed by atoms with E-state index in [1.807, 2.05) is 48.5 Å². The molecule has 4 rings (SSSR count). The van der Waals surface area contributed by atoms with Gasteiger partial charge in [0.25, 0.3) is 0 Å². The van der Waals surface area contributed by atoms with E-state index in [0.717, 1.165) is 22.4 Å². The first kappa shape index (κ1) is 14.1. The minimum atomic E-state index is -0.108. The van der Waals surface area contributed by atoms with Crippen LogP contribution < -0.4 is 10.6 Å². The zero-order valence-electron chi connectivity index (χ0n) is 12.8. The standard InChI is InChI=1S/C16H13N7O/c1-10(24)17-11-6-8-12(9-7-11)18-15-16-20-21-22-23(16)14-5-3-2-4-13(14)19-15/h2-9H,1H3,(H,17,24)(H,18,19). The van der Waals surface area contributed by atoms with Crippen LogP contribution in [0.15, 0.2) is 48.5 Å². The first-order chi connectivity index (χ1) is 11.7. The summed E-state index contributed by atoms with van der Waals surface area (Å²) in [7, 11) is 0. The Morgan fingerprint density at radius 1 is 1.04 bits per heavy atom. The van der Waals surface area contributed by atoms with E-state index in [1.165, 1.54) is 6.92 Å². The smallest absolute Gasteiger partial charge is 0.222 e. The summed E-state index contributed by atoms with van der Waals surface area (Å²) >= 11 is 0. The van der Waals surface area contributed by atoms with Gasteiger partial charge in [-0.2, -0.15) is 4.52 Å². The number of anilines is 3. The quantitative estimate of drug-likeness (QED) is 0.602. The van der Waals surface area contributed by atoms with Crippen molar-refractivity contribution in [3.63, 3.8) is 0 Å². The van der Waals surface area contributed by atoms with Gasteiger partial charge >= 0.3 is 0 Å². The average molecular weight is 319 g/mol. The average Bonchev–Trinajstić information content (AvgIpc) is 3.06. The molecule has 2 N–H and O–H groups in total. The van der Waals surface area contributed by atoms with Crippen molar-refractivity contribution >= 4 is 39.8 Å². The third kappa shape index (κ3) is 2.50. The van der Waals surface area contributed by atoms with Crippen LogP contribution in [-0.2, 0) is 4.79 Å². The highest BCUT2D eigenvalue weighted by Gasteiger charge is 2.11. The number of nitrogens with one attached hydrogen (secondary N) is 2. The van der Waals surface area contributed by atoms with Crippen LogP contribution in [0.3, 0.4) is 0 Å². The van der Waals surface area contributed by atoms with Crippen molar-refractivity contribution in [1.29, 1.82) is 0 Å². The van der Waals surface area contributed by atoms with Crippen LogP contribution in [0.5, 0.6) is 0 Å². The van der Waals surface area contributed by atoms with Crippen molar-refractivity contribution in [2.75, 3.05) is 10.6 Å². The fourth-order valence-corrected chi connectivity index (χ4v) is 2.47. The number of tetrazole rings is 1. The van der Waals surface area contributed by atoms with Crippen LogP contribution in [-0.4, -0.2) is 30.9 Å². The van der Waals surface area contributed by atoms with Gasteiger partial charge in [0, 0.05) is 18.3 Å². The van der Waals surface area contributed by atoms with Gasteiger partial charge in [-0.05, 0) is 46.8 Å². The van der Waals surface area contributed by atoms with Crippen molar-refractivity contribution in [3.05, 3.63) is 48.5 Å². The van der Waals surface area contributed by atoms with Crippen LogP contribution >= 0.6 is 0 Å². The summed E-state index contributed by atoms with van der Waals surface area (Å²) in [5, 5.41) is 17.7. The van der Waals surface area contributed by atoms with E-state index in [2.05, 4.69) is 31.1 Å². The first-order valence-electron chi connectivity index (χ1n) is 7.32. The molecule has 2 aromatic heterocycles. The number of amides is 1. The summed E-state index contributed by atoms with van der Waals surface area (Å²) in [4.78, 5) is 15.7. The molecular weight excluding hydrogens is 306 g/mol. The molecule has 2 aromatic carbocycles. The van der Waals surface area contributed by atoms with Crippen LogP contribution in [0.4, 0.5) is 17.2 Å². The number of fused-ring (bicyclic) bond motifs is 3. The van der Waals surface area contributed by atoms with Crippen molar-refractivity contribution in [2.45, 2.75) is 6.92 Å². The van der Waals surface area contributed by atoms with Gasteiger partial charge in [-0.25, -0.2) is 4.98 Å². The zero-order chi connectivity index (χ0) is 16.5. The first-order valence-corrected chi connectivity index (χ1v) is 7.32. The SMILES string of the molecule is CC(=O)Nc1ccc(Nc2nc3ccccc3n3nnnc23)cc1. The van der Waals surface area contributed by atoms with Gasteiger partial charge in [-0.1, -0.05) is 12.1 Å². The largest absolute Gasteiger partial charge is 0.337 e. The molecule has 0 bridgehead atoms. The summed E-state index contributed by atoms with van der Waals surface area (Å²) in [6.45, 7) is 1.47. The van der Waals surface area contributed by atoms with Crippen LogP contribution in [0.25, 0.3) is 16.7 Å². The number of carbonyl (C=O) groups excluding carboxylic acids is 1. The number of hydrogen-bond donors (Lipinski definition) is 2. The van der Waals surface area contributed by atoms with E-state index in [0.29, 0.717) is 11.5 Å². The number of benzene rings is 2. The summed E-state index contributed by atoms with van der Waals surface area (Å²) < 4.78 is 1.65. The second-order valence-corrected chi connectivity index (χ2v) is 5.25. The topological polar surface area (TPSA) is 97.1 Å². The molecular formula is C16H13N7O. The van der Waals surface area contributed by atoms with E-state index in [1.54, 1.807) is 4.52 Å². The minimum absolute atomic E-state index is 0.108. The van der Waals surface area contributed by atoms with E-state index in [4.69, 9.17) is 0 Å². The molecule has 0 saturated heterocycles. The lowest BCUT2D eigenvalue weighted by Crippen LogP contribution is -2.05. The monoisotopic (exact) mass is 319 g/mol. The molecule has 2 heterocycles. The van der Waals surface area contributed by atoms with Crippen molar-refractivity contribution in [3.8, 4) is 0 Å². The highest BCUT2D eigenvalue weighted by Crippen LogP contribution is 2.23. The maximum Gasteiger partial charge on any atom is 0.222 e. The molecule has 0 unspecified atom stereocenters. The number of carbonyl (C=O) groups is 1. The third-order valence-electron chi connectivity index (χ3n) is 3.49. The Bertz CT molecular complexity index is 1040. The second-order valence-electron chi connectivity index (χ2n) is 5.25. The summed E-state index contributed by atoms with van der Waals surface area (Å²) in [6.07, 6.45) is 0. The lowest BCUT2D eigenvalue weighted by molar-refractivity contribution is -0.114. The Morgan fingerprint density at radius 2 is 1.79 bits per heavy atom. The Balaban J connectivity index is 1.73. The Morgan fingerprint density at radius 3 is 2.58 bits per heavy atom. The van der Waals surface area contributed by atoms with Gasteiger partial charge in [0.1, 0.15) is 0 Å². The molecule has 24 heavy (non-hydrogen) atoms. The fraction of sp³-hybridized carbons (Fsp3) is 0.0625. The molecule has 0 radical (unpaired) electrons. The molecule has 0 aliphatic carbocycles. The van der Waals surface area contributed by atoms with Gasteiger partial charge < -0.3 is 10.6 Å². The van der Waals surface area contributed by atoms with Crippen molar-refractivity contribution < 1.29 is 4.79 Å². The number of rotatable bonds is 3. The normalized spacial score (nSPS) is 10.9. The lowest BCUT2D eigenvalue weighted by atomic mass is 10.2. The molecule has 1 amide bonds. The van der Waals surface area contributed by atoms with Crippen molar-refractivity contribution in [2.24, 2.45) is 0 Å². The number of aromatic nitrogens is 5.